The van der Waals surface area contributed by atoms with Crippen molar-refractivity contribution in [2.45, 2.75) is 20.0 Å². The largest absolute Gasteiger partial charge is 0.384 e. The van der Waals surface area contributed by atoms with Crippen molar-refractivity contribution in [1.82, 2.24) is 4.98 Å². The Bertz CT molecular complexity index is 467. The van der Waals surface area contributed by atoms with Crippen LogP contribution in [0.25, 0.3) is 10.2 Å². The molecule has 0 spiro atoms. The van der Waals surface area contributed by atoms with E-state index in [-0.39, 0.29) is 0 Å². The number of aromatic nitrogens is 1. The third-order valence-electron chi connectivity index (χ3n) is 2.32. The molecule has 0 unspecified atom stereocenters. The number of hydrogen-bond donors (Lipinski definition) is 1. The summed E-state index contributed by atoms with van der Waals surface area (Å²) in [6.45, 7) is 3.71. The highest BCUT2D eigenvalue weighted by molar-refractivity contribution is 7.17. The molecule has 0 aliphatic carbocycles. The van der Waals surface area contributed by atoms with Crippen LogP contribution in [0.4, 0.5) is 5.69 Å². The predicted molar refractivity (Wildman–Crippen MR) is 69.1 cm³/mol. The molecule has 0 aliphatic rings. The molecule has 0 fully saturated rings. The van der Waals surface area contributed by atoms with Gasteiger partial charge in [-0.3, -0.25) is 0 Å². The van der Waals surface area contributed by atoms with Gasteiger partial charge in [-0.05, 0) is 23.9 Å². The lowest BCUT2D eigenvalue weighted by molar-refractivity contribution is 0.182. The molecule has 2 rings (SSSR count). The summed E-state index contributed by atoms with van der Waals surface area (Å²) >= 11 is 1.73. The molecule has 2 aromatic heterocycles. The monoisotopic (exact) mass is 236 g/mol. The summed E-state index contributed by atoms with van der Waals surface area (Å²) in [6.07, 6.45) is 1.12. The molecule has 4 heteroatoms. The fourth-order valence-electron chi connectivity index (χ4n) is 1.62. The number of rotatable bonds is 5. The Kier molecular flexibility index (Phi) is 3.74. The number of nitrogens with zero attached hydrogens (tertiary/aromatic N) is 1. The van der Waals surface area contributed by atoms with E-state index in [9.17, 15) is 0 Å². The van der Waals surface area contributed by atoms with Crippen LogP contribution in [0.5, 0.6) is 0 Å². The van der Waals surface area contributed by atoms with Gasteiger partial charge in [0.15, 0.2) is 0 Å². The van der Waals surface area contributed by atoms with Gasteiger partial charge >= 0.3 is 0 Å². The number of nitrogens with one attached hydrogen (secondary N) is 1. The van der Waals surface area contributed by atoms with Crippen molar-refractivity contribution in [1.29, 1.82) is 0 Å². The quantitative estimate of drug-likeness (QED) is 0.865. The van der Waals surface area contributed by atoms with E-state index in [0.717, 1.165) is 24.2 Å². The van der Waals surface area contributed by atoms with E-state index in [4.69, 9.17) is 4.74 Å². The predicted octanol–water partition coefficient (Wildman–Crippen LogP) is 3.26. The molecular weight excluding hydrogens is 220 g/mol. The third kappa shape index (κ3) is 2.33. The fourth-order valence-corrected chi connectivity index (χ4v) is 2.45. The number of pyridine rings is 1. The zero-order valence-electron chi connectivity index (χ0n) is 9.62. The Morgan fingerprint density at radius 1 is 1.50 bits per heavy atom. The van der Waals surface area contributed by atoms with Crippen LogP contribution in [0.3, 0.4) is 0 Å². The summed E-state index contributed by atoms with van der Waals surface area (Å²) in [7, 11) is 1.69. The highest BCUT2D eigenvalue weighted by atomic mass is 32.1. The second kappa shape index (κ2) is 5.27. The summed E-state index contributed by atoms with van der Waals surface area (Å²) in [6, 6.07) is 4.13. The average molecular weight is 236 g/mol. The van der Waals surface area contributed by atoms with Crippen LogP contribution >= 0.6 is 11.3 Å². The maximum atomic E-state index is 5.13. The summed E-state index contributed by atoms with van der Waals surface area (Å²) < 4.78 is 6.36. The first-order valence-electron chi connectivity index (χ1n) is 5.45. The van der Waals surface area contributed by atoms with Gasteiger partial charge in [0.1, 0.15) is 0 Å². The third-order valence-corrected chi connectivity index (χ3v) is 3.26. The molecule has 1 N–H and O–H groups in total. The molecule has 0 radical (unpaired) electrons. The van der Waals surface area contributed by atoms with Crippen LogP contribution in [0.2, 0.25) is 0 Å². The summed E-state index contributed by atoms with van der Waals surface area (Å²) in [5.74, 6) is 0. The van der Waals surface area contributed by atoms with Crippen LogP contribution in [0.1, 0.15) is 19.0 Å². The van der Waals surface area contributed by atoms with E-state index in [1.54, 1.807) is 18.4 Å². The molecule has 2 aromatic rings. The minimum absolute atomic E-state index is 0.562. The molecule has 86 valence electrons. The summed E-state index contributed by atoms with van der Waals surface area (Å²) in [5.41, 5.74) is 3.21. The lowest BCUT2D eigenvalue weighted by Crippen LogP contribution is -2.02. The Morgan fingerprint density at radius 3 is 3.12 bits per heavy atom. The lowest BCUT2D eigenvalue weighted by Gasteiger charge is -2.08. The lowest BCUT2D eigenvalue weighted by atomic mass is 10.3. The van der Waals surface area contributed by atoms with Gasteiger partial charge in [-0.15, -0.1) is 11.3 Å². The SMILES string of the molecule is CCCNc1cc(COC)nc2ccsc12. The van der Waals surface area contributed by atoms with E-state index in [1.807, 2.05) is 0 Å². The molecule has 3 nitrogen and oxygen atoms in total. The zero-order valence-corrected chi connectivity index (χ0v) is 10.4. The Balaban J connectivity index is 2.38. The highest BCUT2D eigenvalue weighted by Crippen LogP contribution is 2.28. The topological polar surface area (TPSA) is 34.1 Å². The molecule has 16 heavy (non-hydrogen) atoms. The molecule has 0 bridgehead atoms. The van der Waals surface area contributed by atoms with Gasteiger partial charge in [0, 0.05) is 13.7 Å². The minimum atomic E-state index is 0.562. The van der Waals surface area contributed by atoms with Crippen LogP contribution in [-0.4, -0.2) is 18.6 Å². The van der Waals surface area contributed by atoms with Gasteiger partial charge in [0.2, 0.25) is 0 Å². The summed E-state index contributed by atoms with van der Waals surface area (Å²) in [5, 5.41) is 5.51. The van der Waals surface area contributed by atoms with Crippen molar-refractivity contribution >= 4 is 27.2 Å². The molecule has 0 atom stereocenters. The van der Waals surface area contributed by atoms with Crippen LogP contribution in [0.15, 0.2) is 17.5 Å². The second-order valence-corrected chi connectivity index (χ2v) is 4.57. The fraction of sp³-hybridized carbons (Fsp3) is 0.417. The molecule has 0 saturated heterocycles. The van der Waals surface area contributed by atoms with Crippen molar-refractivity contribution in [3.05, 3.63) is 23.2 Å². The summed E-state index contributed by atoms with van der Waals surface area (Å²) in [4.78, 5) is 4.54. The van der Waals surface area contributed by atoms with Gasteiger partial charge in [-0.25, -0.2) is 4.98 Å². The highest BCUT2D eigenvalue weighted by Gasteiger charge is 2.06. The first-order valence-corrected chi connectivity index (χ1v) is 6.33. The van der Waals surface area contributed by atoms with Crippen molar-refractivity contribution < 1.29 is 4.74 Å². The first-order chi connectivity index (χ1) is 7.85. The Labute approximate surface area is 99.5 Å². The average Bonchev–Trinajstić information content (AvgIpc) is 2.74. The van der Waals surface area contributed by atoms with Crippen molar-refractivity contribution in [2.24, 2.45) is 0 Å². The number of fused-ring (bicyclic) bond motifs is 1. The van der Waals surface area contributed by atoms with Crippen molar-refractivity contribution in [2.75, 3.05) is 19.0 Å². The first kappa shape index (κ1) is 11.4. The van der Waals surface area contributed by atoms with Crippen LogP contribution in [0, 0.1) is 0 Å². The normalized spacial score (nSPS) is 10.9. The maximum absolute atomic E-state index is 5.13. The Hall–Kier alpha value is -1.13. The second-order valence-electron chi connectivity index (χ2n) is 3.66. The molecular formula is C12H16N2OS. The van der Waals surface area contributed by atoms with E-state index in [2.05, 4.69) is 34.7 Å². The number of thiophene rings is 1. The molecule has 0 aliphatic heterocycles. The molecule has 0 amide bonds. The van der Waals surface area contributed by atoms with E-state index >= 15 is 0 Å². The van der Waals surface area contributed by atoms with Crippen LogP contribution in [-0.2, 0) is 11.3 Å². The van der Waals surface area contributed by atoms with Crippen LogP contribution < -0.4 is 5.32 Å². The number of methoxy groups -OCH3 is 1. The molecule has 0 aromatic carbocycles. The maximum Gasteiger partial charge on any atom is 0.0885 e. The Morgan fingerprint density at radius 2 is 2.38 bits per heavy atom. The number of hydrogen-bond acceptors (Lipinski definition) is 4. The molecule has 2 heterocycles. The van der Waals surface area contributed by atoms with E-state index in [0.29, 0.717) is 6.61 Å². The number of anilines is 1. The van der Waals surface area contributed by atoms with Crippen molar-refractivity contribution in [3.8, 4) is 0 Å². The van der Waals surface area contributed by atoms with Gasteiger partial charge in [0.05, 0.1) is 28.2 Å². The van der Waals surface area contributed by atoms with Gasteiger partial charge in [0.25, 0.3) is 0 Å². The van der Waals surface area contributed by atoms with Gasteiger partial charge < -0.3 is 10.1 Å². The van der Waals surface area contributed by atoms with Gasteiger partial charge in [-0.1, -0.05) is 6.92 Å². The van der Waals surface area contributed by atoms with E-state index < -0.39 is 0 Å². The van der Waals surface area contributed by atoms with Gasteiger partial charge in [-0.2, -0.15) is 0 Å². The molecule has 0 saturated carbocycles. The van der Waals surface area contributed by atoms with E-state index in [1.165, 1.54) is 10.4 Å². The standard InChI is InChI=1S/C12H16N2OS/c1-3-5-13-11-7-9(8-15-2)14-10-4-6-16-12(10)11/h4,6-7H,3,5,8H2,1-2H3,(H,13,14). The zero-order chi connectivity index (χ0) is 11.4. The van der Waals surface area contributed by atoms with Crippen molar-refractivity contribution in [3.63, 3.8) is 0 Å². The smallest absolute Gasteiger partial charge is 0.0885 e. The minimum Gasteiger partial charge on any atom is -0.384 e. The number of ether oxygens (including phenoxy) is 1.